The van der Waals surface area contributed by atoms with Crippen LogP contribution >= 0.6 is 0 Å². The number of hydrogen-bond acceptors (Lipinski definition) is 6. The molecular formula is C18H22N4O3. The van der Waals surface area contributed by atoms with Crippen molar-refractivity contribution in [3.05, 3.63) is 47.4 Å². The van der Waals surface area contributed by atoms with Crippen molar-refractivity contribution < 1.29 is 14.3 Å². The molecule has 7 heteroatoms. The number of aryl methyl sites for hydroxylation is 1. The number of aromatic nitrogens is 2. The number of ether oxygens (including phenoxy) is 1. The minimum absolute atomic E-state index is 0.259. The summed E-state index contributed by atoms with van der Waals surface area (Å²) in [5.74, 6) is 0.298. The quantitative estimate of drug-likeness (QED) is 0.593. The molecule has 1 heterocycles. The molecule has 7 nitrogen and oxygen atoms in total. The Morgan fingerprint density at radius 1 is 1.20 bits per heavy atom. The first-order chi connectivity index (χ1) is 12.0. The Bertz CT molecular complexity index is 762. The van der Waals surface area contributed by atoms with Gasteiger partial charge in [-0.2, -0.15) is 0 Å². The lowest BCUT2D eigenvalue weighted by atomic mass is 10.2. The van der Waals surface area contributed by atoms with E-state index in [1.165, 1.54) is 7.11 Å². The molecule has 2 N–H and O–H groups in total. The zero-order valence-corrected chi connectivity index (χ0v) is 14.6. The summed E-state index contributed by atoms with van der Waals surface area (Å²) < 4.78 is 4.68. The first kappa shape index (κ1) is 18.4. The molecule has 0 bridgehead atoms. The van der Waals surface area contributed by atoms with Crippen molar-refractivity contribution >= 4 is 23.4 Å². The lowest BCUT2D eigenvalue weighted by Gasteiger charge is -2.09. The van der Waals surface area contributed by atoms with Crippen molar-refractivity contribution in [2.75, 3.05) is 24.3 Å². The van der Waals surface area contributed by atoms with Crippen molar-refractivity contribution in [1.82, 2.24) is 9.97 Å². The van der Waals surface area contributed by atoms with Crippen LogP contribution in [0.3, 0.4) is 0 Å². The zero-order valence-electron chi connectivity index (χ0n) is 14.6. The molecule has 0 aliphatic carbocycles. The number of rotatable bonds is 7. The van der Waals surface area contributed by atoms with Crippen LogP contribution in [0.15, 0.2) is 30.3 Å². The second-order valence-electron chi connectivity index (χ2n) is 5.49. The molecule has 1 aromatic carbocycles. The second-order valence-corrected chi connectivity index (χ2v) is 5.49. The maximum Gasteiger partial charge on any atom is 0.337 e. The van der Waals surface area contributed by atoms with Gasteiger partial charge in [-0.05, 0) is 31.5 Å². The minimum Gasteiger partial charge on any atom is -0.465 e. The average molecular weight is 342 g/mol. The van der Waals surface area contributed by atoms with Crippen LogP contribution in [-0.2, 0) is 4.74 Å². The van der Waals surface area contributed by atoms with Gasteiger partial charge in [0, 0.05) is 18.3 Å². The molecule has 0 spiro atoms. The van der Waals surface area contributed by atoms with Crippen LogP contribution in [0.5, 0.6) is 0 Å². The third-order valence-corrected chi connectivity index (χ3v) is 3.45. The number of amides is 1. The van der Waals surface area contributed by atoms with Gasteiger partial charge in [-0.1, -0.05) is 19.4 Å². The van der Waals surface area contributed by atoms with Gasteiger partial charge >= 0.3 is 5.97 Å². The number of unbranched alkanes of at least 4 members (excludes halogenated alkanes) is 1. The number of nitrogens with zero attached hydrogens (tertiary/aromatic N) is 2. The van der Waals surface area contributed by atoms with Crippen molar-refractivity contribution in [2.24, 2.45) is 0 Å². The molecule has 0 fully saturated rings. The van der Waals surface area contributed by atoms with Gasteiger partial charge < -0.3 is 15.4 Å². The monoisotopic (exact) mass is 342 g/mol. The smallest absolute Gasteiger partial charge is 0.337 e. The molecule has 0 aliphatic rings. The van der Waals surface area contributed by atoms with Gasteiger partial charge in [0.15, 0.2) is 0 Å². The summed E-state index contributed by atoms with van der Waals surface area (Å²) in [5, 5.41) is 5.92. The van der Waals surface area contributed by atoms with Crippen LogP contribution in [0, 0.1) is 6.92 Å². The topological polar surface area (TPSA) is 93.2 Å². The molecule has 0 radical (unpaired) electrons. The fraction of sp³-hybridized carbons (Fsp3) is 0.333. The highest BCUT2D eigenvalue weighted by molar-refractivity contribution is 6.04. The molecule has 0 atom stereocenters. The Balaban J connectivity index is 2.14. The Labute approximate surface area is 146 Å². The van der Waals surface area contributed by atoms with Crippen molar-refractivity contribution in [2.45, 2.75) is 26.7 Å². The van der Waals surface area contributed by atoms with Crippen LogP contribution in [0.2, 0.25) is 0 Å². The SMILES string of the molecule is CCCCNc1cc(C(=O)Nc2cccc(C(=O)OC)c2)nc(C)n1. The summed E-state index contributed by atoms with van der Waals surface area (Å²) in [6.07, 6.45) is 2.09. The number of methoxy groups -OCH3 is 1. The Morgan fingerprint density at radius 3 is 2.72 bits per heavy atom. The number of esters is 1. The highest BCUT2D eigenvalue weighted by Crippen LogP contribution is 2.14. The molecule has 2 rings (SSSR count). The molecule has 2 aromatic rings. The van der Waals surface area contributed by atoms with Gasteiger partial charge in [-0.25, -0.2) is 14.8 Å². The Hall–Kier alpha value is -2.96. The Kier molecular flexibility index (Phi) is 6.45. The van der Waals surface area contributed by atoms with E-state index in [-0.39, 0.29) is 11.6 Å². The summed E-state index contributed by atoms with van der Waals surface area (Å²) >= 11 is 0. The van der Waals surface area contributed by atoms with E-state index in [1.54, 1.807) is 37.3 Å². The van der Waals surface area contributed by atoms with Gasteiger partial charge in [-0.15, -0.1) is 0 Å². The summed E-state index contributed by atoms with van der Waals surface area (Å²) in [5.41, 5.74) is 1.11. The second kappa shape index (κ2) is 8.77. The first-order valence-corrected chi connectivity index (χ1v) is 8.12. The largest absolute Gasteiger partial charge is 0.465 e. The molecule has 1 amide bonds. The fourth-order valence-electron chi connectivity index (χ4n) is 2.20. The highest BCUT2D eigenvalue weighted by atomic mass is 16.5. The molecule has 0 saturated carbocycles. The van der Waals surface area contributed by atoms with E-state index < -0.39 is 5.97 Å². The van der Waals surface area contributed by atoms with Crippen molar-refractivity contribution in [3.8, 4) is 0 Å². The van der Waals surface area contributed by atoms with Gasteiger partial charge in [0.2, 0.25) is 0 Å². The van der Waals surface area contributed by atoms with E-state index >= 15 is 0 Å². The van der Waals surface area contributed by atoms with E-state index in [4.69, 9.17) is 0 Å². The van der Waals surface area contributed by atoms with E-state index in [9.17, 15) is 9.59 Å². The number of carbonyl (C=O) groups excluding carboxylic acids is 2. The normalized spacial score (nSPS) is 10.2. The minimum atomic E-state index is -0.462. The lowest BCUT2D eigenvalue weighted by Crippen LogP contribution is -2.16. The fourth-order valence-corrected chi connectivity index (χ4v) is 2.20. The van der Waals surface area contributed by atoms with Gasteiger partial charge in [0.05, 0.1) is 12.7 Å². The predicted molar refractivity (Wildman–Crippen MR) is 95.9 cm³/mol. The summed E-state index contributed by atoms with van der Waals surface area (Å²) in [6, 6.07) is 8.15. The predicted octanol–water partition coefficient (Wildman–Crippen LogP) is 3.04. The summed E-state index contributed by atoms with van der Waals surface area (Å²) in [7, 11) is 1.31. The van der Waals surface area contributed by atoms with Gasteiger partial charge in [-0.3, -0.25) is 4.79 Å². The number of nitrogens with one attached hydrogen (secondary N) is 2. The number of anilines is 2. The van der Waals surface area contributed by atoms with Crippen LogP contribution < -0.4 is 10.6 Å². The molecule has 132 valence electrons. The first-order valence-electron chi connectivity index (χ1n) is 8.12. The molecule has 1 aromatic heterocycles. The standard InChI is InChI=1S/C18H22N4O3/c1-4-5-9-19-16-11-15(20-12(2)21-16)17(23)22-14-8-6-7-13(10-14)18(24)25-3/h6-8,10-11H,4-5,9H2,1-3H3,(H,22,23)(H,19,20,21). The van der Waals surface area contributed by atoms with E-state index in [0.29, 0.717) is 22.9 Å². The molecular weight excluding hydrogens is 320 g/mol. The van der Waals surface area contributed by atoms with Crippen LogP contribution in [0.1, 0.15) is 46.4 Å². The molecule has 0 aliphatic heterocycles. The van der Waals surface area contributed by atoms with E-state index in [2.05, 4.69) is 32.3 Å². The van der Waals surface area contributed by atoms with Crippen molar-refractivity contribution in [3.63, 3.8) is 0 Å². The van der Waals surface area contributed by atoms with E-state index in [1.807, 2.05) is 0 Å². The maximum absolute atomic E-state index is 12.5. The third kappa shape index (κ3) is 5.27. The molecule has 0 unspecified atom stereocenters. The zero-order chi connectivity index (χ0) is 18.2. The lowest BCUT2D eigenvalue weighted by molar-refractivity contribution is 0.0600. The van der Waals surface area contributed by atoms with Crippen LogP contribution in [0.4, 0.5) is 11.5 Å². The van der Waals surface area contributed by atoms with Gasteiger partial charge in [0.25, 0.3) is 5.91 Å². The van der Waals surface area contributed by atoms with Crippen LogP contribution in [0.25, 0.3) is 0 Å². The number of carbonyl (C=O) groups is 2. The average Bonchev–Trinajstić information content (AvgIpc) is 2.61. The summed E-state index contributed by atoms with van der Waals surface area (Å²) in [6.45, 7) is 4.63. The Morgan fingerprint density at radius 2 is 2.00 bits per heavy atom. The number of hydrogen-bond donors (Lipinski definition) is 2. The molecule has 25 heavy (non-hydrogen) atoms. The summed E-state index contributed by atoms with van der Waals surface area (Å²) in [4.78, 5) is 32.5. The maximum atomic E-state index is 12.5. The highest BCUT2D eigenvalue weighted by Gasteiger charge is 2.12. The molecule has 0 saturated heterocycles. The van der Waals surface area contributed by atoms with Gasteiger partial charge in [0.1, 0.15) is 17.3 Å². The van der Waals surface area contributed by atoms with E-state index in [0.717, 1.165) is 19.4 Å². The van der Waals surface area contributed by atoms with Crippen LogP contribution in [-0.4, -0.2) is 35.5 Å². The van der Waals surface area contributed by atoms with Crippen molar-refractivity contribution in [1.29, 1.82) is 0 Å². The number of benzene rings is 1. The third-order valence-electron chi connectivity index (χ3n) is 3.45.